The molecule has 0 bridgehead atoms. The first kappa shape index (κ1) is 30.8. The Balaban J connectivity index is 0.000000164. The van der Waals surface area contributed by atoms with Gasteiger partial charge in [0.2, 0.25) is 0 Å². The molecule has 0 fully saturated rings. The second-order valence-electron chi connectivity index (χ2n) is 8.44. The molecule has 0 saturated heterocycles. The zero-order valence-corrected chi connectivity index (χ0v) is 24.9. The van der Waals surface area contributed by atoms with Crippen LogP contribution in [0.2, 0.25) is 4.94 Å². The van der Waals surface area contributed by atoms with E-state index in [1.807, 2.05) is 72.8 Å². The van der Waals surface area contributed by atoms with Gasteiger partial charge in [-0.05, 0) is 32.3 Å². The van der Waals surface area contributed by atoms with Crippen LogP contribution in [0.1, 0.15) is 31.1 Å². The SMILES string of the molecule is O=C([O-])c1cccc2ccccc12.O=C([O-])c1cccc2ccccc12.O=C([O-])c1cccc2ccccc12.[CH3][Sn+3]. The van der Waals surface area contributed by atoms with Gasteiger partial charge in [0.05, 0.1) is 17.9 Å². The summed E-state index contributed by atoms with van der Waals surface area (Å²) in [6.07, 6.45) is 0. The Morgan fingerprint density at radius 1 is 0.390 bits per heavy atom. The number of benzene rings is 6. The molecule has 6 rings (SSSR count). The molecule has 200 valence electrons. The first-order valence-electron chi connectivity index (χ1n) is 12.4. The Bertz CT molecular complexity index is 1580. The van der Waals surface area contributed by atoms with Crippen LogP contribution in [0.3, 0.4) is 0 Å². The molecule has 0 amide bonds. The molecule has 0 spiro atoms. The van der Waals surface area contributed by atoms with Crippen LogP contribution in [0.4, 0.5) is 0 Å². The van der Waals surface area contributed by atoms with E-state index in [1.165, 1.54) is 0 Å². The van der Waals surface area contributed by atoms with Gasteiger partial charge in [0.1, 0.15) is 0 Å². The summed E-state index contributed by atoms with van der Waals surface area (Å²) in [5.74, 6) is -3.38. The molecule has 6 aromatic carbocycles. The van der Waals surface area contributed by atoms with E-state index in [0.29, 0.717) is 0 Å². The van der Waals surface area contributed by atoms with Crippen molar-refractivity contribution >= 4 is 72.8 Å². The van der Waals surface area contributed by atoms with Crippen molar-refractivity contribution in [1.82, 2.24) is 0 Å². The van der Waals surface area contributed by atoms with Gasteiger partial charge in [-0.2, -0.15) is 0 Å². The average molecular weight is 647 g/mol. The second-order valence-corrected chi connectivity index (χ2v) is 8.44. The van der Waals surface area contributed by atoms with Gasteiger partial charge in [-0.15, -0.1) is 0 Å². The van der Waals surface area contributed by atoms with E-state index >= 15 is 0 Å². The summed E-state index contributed by atoms with van der Waals surface area (Å²) in [6, 6.07) is 37.5. The molecule has 0 aliphatic rings. The number of carbonyl (C=O) groups excluding carboxylic acids is 3. The van der Waals surface area contributed by atoms with Gasteiger partial charge in [-0.25, -0.2) is 0 Å². The molecular formula is C34H24O6Sn. The van der Waals surface area contributed by atoms with Crippen LogP contribution in [0, 0.1) is 0 Å². The number of fused-ring (bicyclic) bond motifs is 3. The molecule has 6 aromatic rings. The fourth-order valence-corrected chi connectivity index (χ4v) is 4.21. The van der Waals surface area contributed by atoms with Gasteiger partial charge in [0.25, 0.3) is 0 Å². The number of carbonyl (C=O) groups is 3. The van der Waals surface area contributed by atoms with Crippen molar-refractivity contribution in [3.8, 4) is 0 Å². The number of carboxylic acid groups (broad SMARTS) is 3. The normalized spacial score (nSPS) is 9.83. The monoisotopic (exact) mass is 648 g/mol. The van der Waals surface area contributed by atoms with E-state index in [9.17, 15) is 29.7 Å². The van der Waals surface area contributed by atoms with Gasteiger partial charge >= 0.3 is 27.5 Å². The first-order chi connectivity index (χ1) is 19.9. The molecule has 0 aliphatic heterocycles. The van der Waals surface area contributed by atoms with E-state index in [4.69, 9.17) is 0 Å². The first-order valence-corrected chi connectivity index (χ1v) is 15.3. The molecule has 0 aromatic heterocycles. The minimum atomic E-state index is -1.13. The minimum absolute atomic E-state index is 0.248. The number of carboxylic acids is 3. The predicted octanol–water partition coefficient (Wildman–Crippen LogP) is 3.81. The summed E-state index contributed by atoms with van der Waals surface area (Å²) in [6.45, 7) is 0. The van der Waals surface area contributed by atoms with E-state index in [0.717, 1.165) is 32.3 Å². The molecule has 0 unspecified atom stereocenters. The van der Waals surface area contributed by atoms with Crippen LogP contribution in [0.15, 0.2) is 127 Å². The quantitative estimate of drug-likeness (QED) is 0.270. The zero-order chi connectivity index (χ0) is 29.8. The van der Waals surface area contributed by atoms with Gasteiger partial charge < -0.3 is 29.7 Å². The van der Waals surface area contributed by atoms with E-state index in [1.54, 1.807) is 77.1 Å². The Morgan fingerprint density at radius 3 is 0.854 bits per heavy atom. The molecule has 0 heterocycles. The Hall–Kier alpha value is -4.69. The summed E-state index contributed by atoms with van der Waals surface area (Å²) in [7, 11) is 0. The van der Waals surface area contributed by atoms with Crippen LogP contribution in [0.25, 0.3) is 32.3 Å². The Morgan fingerprint density at radius 2 is 0.610 bits per heavy atom. The van der Waals surface area contributed by atoms with E-state index in [-0.39, 0.29) is 16.7 Å². The summed E-state index contributed by atoms with van der Waals surface area (Å²) < 4.78 is 0. The topological polar surface area (TPSA) is 120 Å². The van der Waals surface area contributed by atoms with Crippen LogP contribution < -0.4 is 15.3 Å². The number of aromatic carboxylic acids is 3. The predicted molar refractivity (Wildman–Crippen MR) is 156 cm³/mol. The molecule has 0 saturated carbocycles. The van der Waals surface area contributed by atoms with Crippen molar-refractivity contribution in [2.75, 3.05) is 0 Å². The molecule has 7 heteroatoms. The number of rotatable bonds is 3. The molecule has 0 atom stereocenters. The summed E-state index contributed by atoms with van der Waals surface area (Å²) >= 11 is 1.55. The van der Waals surface area contributed by atoms with Crippen molar-refractivity contribution in [2.24, 2.45) is 0 Å². The van der Waals surface area contributed by atoms with Crippen LogP contribution in [-0.4, -0.2) is 40.4 Å². The molecule has 6 nitrogen and oxygen atoms in total. The maximum absolute atomic E-state index is 10.7. The van der Waals surface area contributed by atoms with Crippen molar-refractivity contribution in [3.05, 3.63) is 144 Å². The van der Waals surface area contributed by atoms with Crippen molar-refractivity contribution in [2.45, 2.75) is 4.94 Å². The fraction of sp³-hybridized carbons (Fsp3) is 0.0294. The van der Waals surface area contributed by atoms with Crippen LogP contribution in [-0.2, 0) is 0 Å². The summed E-state index contributed by atoms with van der Waals surface area (Å²) in [5.41, 5.74) is 0.745. The van der Waals surface area contributed by atoms with Crippen LogP contribution >= 0.6 is 0 Å². The van der Waals surface area contributed by atoms with Crippen molar-refractivity contribution in [3.63, 3.8) is 0 Å². The third kappa shape index (κ3) is 7.92. The van der Waals surface area contributed by atoms with E-state index < -0.39 is 17.9 Å². The number of hydrogen-bond acceptors (Lipinski definition) is 6. The average Bonchev–Trinajstić information content (AvgIpc) is 3.01. The summed E-state index contributed by atoms with van der Waals surface area (Å²) in [5, 5.41) is 37.1. The maximum atomic E-state index is 10.7. The molecule has 0 radical (unpaired) electrons. The third-order valence-corrected chi connectivity index (χ3v) is 6.03. The third-order valence-electron chi connectivity index (χ3n) is 6.03. The summed E-state index contributed by atoms with van der Waals surface area (Å²) in [4.78, 5) is 34.2. The molecule has 41 heavy (non-hydrogen) atoms. The number of hydrogen-bond donors (Lipinski definition) is 0. The van der Waals surface area contributed by atoms with Gasteiger partial charge in [0, 0.05) is 16.7 Å². The standard InChI is InChI=1S/3C11H8O2.CH3.Sn/c3*12-11(13)10-7-3-5-8-4-1-2-6-9(8)10;;/h3*1-7H,(H,12,13);1H3;/q;;;;+3/p-3. The van der Waals surface area contributed by atoms with Gasteiger partial charge in [0.15, 0.2) is 0 Å². The fourth-order valence-electron chi connectivity index (χ4n) is 4.21. The van der Waals surface area contributed by atoms with E-state index in [2.05, 4.69) is 4.94 Å². The Labute approximate surface area is 250 Å². The zero-order valence-electron chi connectivity index (χ0n) is 22.1. The van der Waals surface area contributed by atoms with Crippen molar-refractivity contribution in [1.29, 1.82) is 0 Å². The molecule has 0 N–H and O–H groups in total. The van der Waals surface area contributed by atoms with Gasteiger partial charge in [-0.1, -0.05) is 127 Å². The van der Waals surface area contributed by atoms with Crippen LogP contribution in [0.5, 0.6) is 0 Å². The molecule has 0 aliphatic carbocycles. The molecular weight excluding hydrogens is 623 g/mol. The Kier molecular flexibility index (Phi) is 11.4. The second kappa shape index (κ2) is 15.2. The van der Waals surface area contributed by atoms with Crippen molar-refractivity contribution < 1.29 is 29.7 Å². The van der Waals surface area contributed by atoms with Gasteiger partial charge in [-0.3, -0.25) is 0 Å².